The van der Waals surface area contributed by atoms with Gasteiger partial charge in [0.2, 0.25) is 10.9 Å². The molecule has 0 radical (unpaired) electrons. The van der Waals surface area contributed by atoms with E-state index in [-0.39, 0.29) is 0 Å². The molecule has 0 unspecified atom stereocenters. The van der Waals surface area contributed by atoms with E-state index in [0.29, 0.717) is 0 Å². The number of thioether (sulfide) groups is 1. The van der Waals surface area contributed by atoms with Gasteiger partial charge in [-0.3, -0.25) is 0 Å². The first-order valence-electron chi connectivity index (χ1n) is 9.80. The van der Waals surface area contributed by atoms with Crippen molar-refractivity contribution in [2.45, 2.75) is 17.5 Å². The summed E-state index contributed by atoms with van der Waals surface area (Å²) < 4.78 is 6.19. The molecule has 6 aromatic rings. The molecule has 0 saturated carbocycles. The molecule has 0 atom stereocenters. The Morgan fingerprint density at radius 2 is 1.33 bits per heavy atom. The first-order valence-corrected chi connectivity index (χ1v) is 10.8. The number of para-hydroxylation sites is 2. The summed E-state index contributed by atoms with van der Waals surface area (Å²) in [5.74, 6) is 2.43. The summed E-state index contributed by atoms with van der Waals surface area (Å²) in [6, 6.07) is 29.2. The zero-order chi connectivity index (χ0) is 19.9. The molecule has 0 fully saturated rings. The fourth-order valence-electron chi connectivity index (χ4n) is 3.82. The average molecular weight is 411 g/mol. The number of fused-ring (bicyclic) bond motifs is 5. The van der Waals surface area contributed by atoms with Gasteiger partial charge in [0, 0.05) is 5.75 Å². The molecule has 3 heterocycles. The van der Waals surface area contributed by atoms with Crippen LogP contribution in [0.3, 0.4) is 0 Å². The molecular formula is C23H18N6S. The largest absolute Gasteiger partial charge is 0.304 e. The van der Waals surface area contributed by atoms with Crippen LogP contribution >= 0.6 is 11.8 Å². The van der Waals surface area contributed by atoms with Crippen molar-refractivity contribution in [3.8, 4) is 0 Å². The lowest BCUT2D eigenvalue weighted by Crippen LogP contribution is -2.01. The SMILES string of the molecule is c1ccc(CSc2nnc3n2nc2n(Cc4ccccc4)c4ccccc4n23)cc1. The van der Waals surface area contributed by atoms with Crippen LogP contribution in [0, 0.1) is 0 Å². The highest BCUT2D eigenvalue weighted by atomic mass is 32.2. The van der Waals surface area contributed by atoms with Crippen LogP contribution < -0.4 is 0 Å². The van der Waals surface area contributed by atoms with Crippen LogP contribution in [0.4, 0.5) is 0 Å². The van der Waals surface area contributed by atoms with Crippen LogP contribution in [0.15, 0.2) is 90.1 Å². The van der Waals surface area contributed by atoms with Crippen molar-refractivity contribution in [3.05, 3.63) is 96.1 Å². The number of aromatic nitrogens is 6. The molecule has 0 aliphatic rings. The molecule has 0 spiro atoms. The van der Waals surface area contributed by atoms with Gasteiger partial charge in [-0.1, -0.05) is 84.6 Å². The maximum atomic E-state index is 4.92. The third-order valence-corrected chi connectivity index (χ3v) is 6.22. The monoisotopic (exact) mass is 410 g/mol. The maximum absolute atomic E-state index is 4.92. The number of imidazole rings is 1. The lowest BCUT2D eigenvalue weighted by atomic mass is 10.2. The van der Waals surface area contributed by atoms with Gasteiger partial charge in [-0.25, -0.2) is 4.40 Å². The second kappa shape index (κ2) is 7.03. The van der Waals surface area contributed by atoms with Gasteiger partial charge >= 0.3 is 0 Å². The van der Waals surface area contributed by atoms with Gasteiger partial charge in [0.15, 0.2) is 0 Å². The van der Waals surface area contributed by atoms with Crippen molar-refractivity contribution >= 4 is 34.4 Å². The average Bonchev–Trinajstić information content (AvgIpc) is 3.45. The van der Waals surface area contributed by atoms with E-state index in [1.54, 1.807) is 11.8 Å². The lowest BCUT2D eigenvalue weighted by Gasteiger charge is -2.05. The highest BCUT2D eigenvalue weighted by Gasteiger charge is 2.20. The van der Waals surface area contributed by atoms with Crippen molar-refractivity contribution in [1.29, 1.82) is 0 Å². The third kappa shape index (κ3) is 2.78. The van der Waals surface area contributed by atoms with Crippen LogP contribution in [0.25, 0.3) is 22.6 Å². The summed E-state index contributed by atoms with van der Waals surface area (Å²) in [6.07, 6.45) is 0. The van der Waals surface area contributed by atoms with Gasteiger partial charge in [-0.05, 0) is 23.3 Å². The van der Waals surface area contributed by atoms with Crippen molar-refractivity contribution in [3.63, 3.8) is 0 Å². The van der Waals surface area contributed by atoms with Gasteiger partial charge in [0.1, 0.15) is 0 Å². The standard InChI is InChI=1S/C23H18N6S/c1-3-9-17(10-4-1)15-27-19-13-7-8-14-20(19)28-21-24-25-23(29(21)26-22(27)28)30-16-18-11-5-2-6-12-18/h1-14H,15-16H2. The molecule has 0 saturated heterocycles. The van der Waals surface area contributed by atoms with E-state index < -0.39 is 0 Å². The molecule has 146 valence electrons. The first kappa shape index (κ1) is 17.3. The maximum Gasteiger partial charge on any atom is 0.260 e. The molecule has 6 nitrogen and oxygen atoms in total. The van der Waals surface area contributed by atoms with Gasteiger partial charge < -0.3 is 4.57 Å². The predicted octanol–water partition coefficient (Wildman–Crippen LogP) is 4.67. The molecule has 3 aromatic carbocycles. The van der Waals surface area contributed by atoms with Gasteiger partial charge in [-0.2, -0.15) is 4.52 Å². The highest BCUT2D eigenvalue weighted by molar-refractivity contribution is 7.98. The fourth-order valence-corrected chi connectivity index (χ4v) is 4.65. The predicted molar refractivity (Wildman–Crippen MR) is 119 cm³/mol. The van der Waals surface area contributed by atoms with Crippen LogP contribution in [-0.2, 0) is 12.3 Å². The molecule has 0 aliphatic carbocycles. The summed E-state index contributed by atoms with van der Waals surface area (Å²) in [7, 11) is 0. The molecule has 0 aliphatic heterocycles. The van der Waals surface area contributed by atoms with Crippen molar-refractivity contribution in [2.75, 3.05) is 0 Å². The lowest BCUT2D eigenvalue weighted by molar-refractivity contribution is 0.792. The summed E-state index contributed by atoms with van der Waals surface area (Å²) >= 11 is 1.65. The van der Waals surface area contributed by atoms with Crippen LogP contribution in [0.5, 0.6) is 0 Å². The molecule has 30 heavy (non-hydrogen) atoms. The van der Waals surface area contributed by atoms with E-state index in [2.05, 4.69) is 85.9 Å². The summed E-state index contributed by atoms with van der Waals surface area (Å²) in [5.41, 5.74) is 4.70. The molecule has 0 bridgehead atoms. The Balaban J connectivity index is 1.48. The Hall–Kier alpha value is -3.58. The number of benzene rings is 3. The summed E-state index contributed by atoms with van der Waals surface area (Å²) in [6.45, 7) is 0.748. The van der Waals surface area contributed by atoms with E-state index in [9.17, 15) is 0 Å². The Kier molecular flexibility index (Phi) is 4.06. The van der Waals surface area contributed by atoms with Gasteiger partial charge in [0.05, 0.1) is 17.6 Å². The number of nitrogens with zero attached hydrogens (tertiary/aromatic N) is 6. The van der Waals surface area contributed by atoms with Crippen LogP contribution in [0.2, 0.25) is 0 Å². The number of hydrogen-bond donors (Lipinski definition) is 0. The van der Waals surface area contributed by atoms with Crippen molar-refractivity contribution in [1.82, 2.24) is 28.8 Å². The molecule has 0 amide bonds. The van der Waals surface area contributed by atoms with E-state index in [1.165, 1.54) is 11.1 Å². The Bertz CT molecular complexity index is 1460. The molecule has 7 heteroatoms. The minimum atomic E-state index is 0.739. The van der Waals surface area contributed by atoms with E-state index in [0.717, 1.165) is 40.0 Å². The third-order valence-electron chi connectivity index (χ3n) is 5.23. The summed E-state index contributed by atoms with van der Waals surface area (Å²) in [4.78, 5) is 0. The first-order chi connectivity index (χ1) is 14.9. The van der Waals surface area contributed by atoms with Gasteiger partial charge in [-0.15, -0.1) is 15.3 Å². The van der Waals surface area contributed by atoms with Crippen LogP contribution in [-0.4, -0.2) is 28.8 Å². The smallest absolute Gasteiger partial charge is 0.260 e. The zero-order valence-electron chi connectivity index (χ0n) is 16.1. The minimum absolute atomic E-state index is 0.739. The Labute approximate surface area is 176 Å². The number of hydrogen-bond acceptors (Lipinski definition) is 4. The van der Waals surface area contributed by atoms with Crippen molar-refractivity contribution in [2.24, 2.45) is 0 Å². The van der Waals surface area contributed by atoms with Crippen molar-refractivity contribution < 1.29 is 0 Å². The fraction of sp³-hybridized carbons (Fsp3) is 0.0870. The Morgan fingerprint density at radius 1 is 0.667 bits per heavy atom. The molecule has 3 aromatic heterocycles. The second-order valence-electron chi connectivity index (χ2n) is 7.16. The topological polar surface area (TPSA) is 52.4 Å². The Morgan fingerprint density at radius 3 is 2.10 bits per heavy atom. The minimum Gasteiger partial charge on any atom is -0.304 e. The van der Waals surface area contributed by atoms with Crippen LogP contribution in [0.1, 0.15) is 11.1 Å². The normalized spacial score (nSPS) is 11.7. The highest BCUT2D eigenvalue weighted by Crippen LogP contribution is 2.27. The number of rotatable bonds is 5. The zero-order valence-corrected chi connectivity index (χ0v) is 16.9. The second-order valence-corrected chi connectivity index (χ2v) is 8.11. The quantitative estimate of drug-likeness (QED) is 0.388. The van der Waals surface area contributed by atoms with E-state index >= 15 is 0 Å². The molecule has 0 N–H and O–H groups in total. The van der Waals surface area contributed by atoms with E-state index in [4.69, 9.17) is 5.10 Å². The molecular weight excluding hydrogens is 392 g/mol. The van der Waals surface area contributed by atoms with Gasteiger partial charge in [0.25, 0.3) is 5.78 Å². The van der Waals surface area contributed by atoms with E-state index in [1.807, 2.05) is 22.7 Å². The summed E-state index contributed by atoms with van der Waals surface area (Å²) in [5, 5.41) is 14.6. The molecule has 6 rings (SSSR count).